The van der Waals surface area contributed by atoms with Crippen molar-refractivity contribution in [1.29, 1.82) is 0 Å². The van der Waals surface area contributed by atoms with Crippen LogP contribution >= 0.6 is 15.9 Å². The van der Waals surface area contributed by atoms with E-state index < -0.39 is 0 Å². The zero-order chi connectivity index (χ0) is 12.8. The number of carbonyl (C=O) groups is 1. The van der Waals surface area contributed by atoms with Crippen molar-refractivity contribution < 1.29 is 4.79 Å². The molecule has 1 saturated heterocycles. The molecule has 1 fully saturated rings. The van der Waals surface area contributed by atoms with Crippen LogP contribution in [-0.4, -0.2) is 24.0 Å². The first-order chi connectivity index (χ1) is 8.77. The Bertz CT molecular complexity index is 439. The van der Waals surface area contributed by atoms with Crippen molar-refractivity contribution in [3.63, 3.8) is 0 Å². The Morgan fingerprint density at radius 1 is 1.22 bits per heavy atom. The zero-order valence-electron chi connectivity index (χ0n) is 10.2. The molecule has 1 aromatic rings. The van der Waals surface area contributed by atoms with Crippen molar-refractivity contribution in [3.05, 3.63) is 40.5 Å². The Balaban J connectivity index is 1.87. The predicted molar refractivity (Wildman–Crippen MR) is 77.1 cm³/mol. The quantitative estimate of drug-likeness (QED) is 0.889. The Labute approximate surface area is 116 Å². The van der Waals surface area contributed by atoms with Crippen LogP contribution in [0.25, 0.3) is 6.08 Å². The number of rotatable bonds is 2. The summed E-state index contributed by atoms with van der Waals surface area (Å²) < 4.78 is 1.02. The van der Waals surface area contributed by atoms with E-state index in [-0.39, 0.29) is 6.03 Å². The fourth-order valence-electron chi connectivity index (χ4n) is 2.00. The molecule has 1 aromatic carbocycles. The van der Waals surface area contributed by atoms with E-state index in [1.807, 2.05) is 35.2 Å². The number of hydrogen-bond acceptors (Lipinski definition) is 1. The lowest BCUT2D eigenvalue weighted by Gasteiger charge is -2.26. The maximum atomic E-state index is 11.8. The molecule has 0 unspecified atom stereocenters. The van der Waals surface area contributed by atoms with E-state index in [0.29, 0.717) is 0 Å². The van der Waals surface area contributed by atoms with Crippen LogP contribution in [0.5, 0.6) is 0 Å². The van der Waals surface area contributed by atoms with Gasteiger partial charge in [-0.1, -0.05) is 34.1 Å². The van der Waals surface area contributed by atoms with E-state index in [1.54, 1.807) is 6.20 Å². The Kier molecular flexibility index (Phi) is 4.81. The smallest absolute Gasteiger partial charge is 0.321 e. The lowest BCUT2D eigenvalue weighted by molar-refractivity contribution is 0.190. The standard InChI is InChI=1S/C14H17BrN2O/c15-13-7-3-2-6-12(13)8-9-16-14(18)17-10-4-1-5-11-17/h2-3,6-9H,1,4-5,10-11H2,(H,16,18)/b9-8+. The van der Waals surface area contributed by atoms with Gasteiger partial charge in [0.2, 0.25) is 0 Å². The minimum Gasteiger partial charge on any atom is -0.325 e. The number of piperidine rings is 1. The topological polar surface area (TPSA) is 32.3 Å². The van der Waals surface area contributed by atoms with Gasteiger partial charge in [-0.3, -0.25) is 0 Å². The number of benzene rings is 1. The van der Waals surface area contributed by atoms with E-state index in [9.17, 15) is 4.79 Å². The monoisotopic (exact) mass is 308 g/mol. The van der Waals surface area contributed by atoms with Gasteiger partial charge in [0.05, 0.1) is 0 Å². The van der Waals surface area contributed by atoms with Gasteiger partial charge in [-0.05, 0) is 37.0 Å². The molecule has 2 amide bonds. The number of carbonyl (C=O) groups excluding carboxylic acids is 1. The minimum absolute atomic E-state index is 0.00185. The van der Waals surface area contributed by atoms with Gasteiger partial charge in [0.1, 0.15) is 0 Å². The molecule has 0 aromatic heterocycles. The molecule has 1 N–H and O–H groups in total. The number of nitrogens with one attached hydrogen (secondary N) is 1. The first-order valence-electron chi connectivity index (χ1n) is 6.24. The van der Waals surface area contributed by atoms with Crippen LogP contribution in [0.2, 0.25) is 0 Å². The van der Waals surface area contributed by atoms with Crippen molar-refractivity contribution in [2.75, 3.05) is 13.1 Å². The maximum Gasteiger partial charge on any atom is 0.321 e. The molecule has 0 spiro atoms. The highest BCUT2D eigenvalue weighted by molar-refractivity contribution is 9.10. The fraction of sp³-hybridized carbons (Fsp3) is 0.357. The molecule has 2 rings (SSSR count). The van der Waals surface area contributed by atoms with Crippen molar-refractivity contribution in [2.24, 2.45) is 0 Å². The number of likely N-dealkylation sites (tertiary alicyclic amines) is 1. The molecule has 0 bridgehead atoms. The first kappa shape index (κ1) is 13.1. The third-order valence-corrected chi connectivity index (χ3v) is 3.74. The molecular weight excluding hydrogens is 292 g/mol. The highest BCUT2D eigenvalue weighted by Gasteiger charge is 2.14. The summed E-state index contributed by atoms with van der Waals surface area (Å²) in [6.45, 7) is 1.74. The molecule has 18 heavy (non-hydrogen) atoms. The molecule has 0 atom stereocenters. The lowest BCUT2D eigenvalue weighted by atomic mass is 10.1. The zero-order valence-corrected chi connectivity index (χ0v) is 11.8. The SMILES string of the molecule is O=C(N/C=C/c1ccccc1Br)N1CCCCC1. The van der Waals surface area contributed by atoms with E-state index >= 15 is 0 Å². The average Bonchev–Trinajstić information content (AvgIpc) is 2.42. The van der Waals surface area contributed by atoms with Crippen LogP contribution in [0, 0.1) is 0 Å². The van der Waals surface area contributed by atoms with Crippen LogP contribution in [-0.2, 0) is 0 Å². The number of hydrogen-bond donors (Lipinski definition) is 1. The second-order valence-electron chi connectivity index (χ2n) is 4.35. The van der Waals surface area contributed by atoms with E-state index in [1.165, 1.54) is 6.42 Å². The molecule has 0 aliphatic carbocycles. The van der Waals surface area contributed by atoms with Gasteiger partial charge in [0, 0.05) is 23.8 Å². The van der Waals surface area contributed by atoms with Gasteiger partial charge in [0.25, 0.3) is 0 Å². The summed E-state index contributed by atoms with van der Waals surface area (Å²) in [6.07, 6.45) is 7.06. The van der Waals surface area contributed by atoms with Crippen LogP contribution < -0.4 is 5.32 Å². The van der Waals surface area contributed by atoms with Crippen LogP contribution in [0.1, 0.15) is 24.8 Å². The van der Waals surface area contributed by atoms with Crippen molar-refractivity contribution >= 4 is 28.0 Å². The van der Waals surface area contributed by atoms with E-state index in [2.05, 4.69) is 21.2 Å². The van der Waals surface area contributed by atoms with Gasteiger partial charge in [-0.15, -0.1) is 0 Å². The van der Waals surface area contributed by atoms with Crippen molar-refractivity contribution in [3.8, 4) is 0 Å². The average molecular weight is 309 g/mol. The van der Waals surface area contributed by atoms with Gasteiger partial charge in [0.15, 0.2) is 0 Å². The van der Waals surface area contributed by atoms with Crippen molar-refractivity contribution in [2.45, 2.75) is 19.3 Å². The summed E-state index contributed by atoms with van der Waals surface area (Å²) in [5.74, 6) is 0. The summed E-state index contributed by atoms with van der Waals surface area (Å²) in [7, 11) is 0. The highest BCUT2D eigenvalue weighted by Crippen LogP contribution is 2.16. The molecule has 0 radical (unpaired) electrons. The largest absolute Gasteiger partial charge is 0.325 e. The predicted octanol–water partition coefficient (Wildman–Crippen LogP) is 3.62. The maximum absolute atomic E-state index is 11.8. The molecule has 1 aliphatic rings. The van der Waals surface area contributed by atoms with E-state index in [0.717, 1.165) is 36.0 Å². The number of amides is 2. The van der Waals surface area contributed by atoms with Gasteiger partial charge in [-0.2, -0.15) is 0 Å². The van der Waals surface area contributed by atoms with Crippen LogP contribution in [0.3, 0.4) is 0 Å². The Morgan fingerprint density at radius 3 is 2.67 bits per heavy atom. The summed E-state index contributed by atoms with van der Waals surface area (Å²) >= 11 is 3.47. The molecule has 1 heterocycles. The van der Waals surface area contributed by atoms with E-state index in [4.69, 9.17) is 0 Å². The molecule has 4 heteroatoms. The molecular formula is C14H17BrN2O. The minimum atomic E-state index is -0.00185. The first-order valence-corrected chi connectivity index (χ1v) is 7.03. The molecule has 1 aliphatic heterocycles. The molecule has 0 saturated carbocycles. The lowest BCUT2D eigenvalue weighted by Crippen LogP contribution is -2.40. The Morgan fingerprint density at radius 2 is 1.94 bits per heavy atom. The number of urea groups is 1. The van der Waals surface area contributed by atoms with Crippen LogP contribution in [0.4, 0.5) is 4.79 Å². The fourth-order valence-corrected chi connectivity index (χ4v) is 2.42. The van der Waals surface area contributed by atoms with Gasteiger partial charge < -0.3 is 10.2 Å². The third-order valence-electron chi connectivity index (χ3n) is 3.02. The second-order valence-corrected chi connectivity index (χ2v) is 5.21. The molecule has 96 valence electrons. The normalized spacial score (nSPS) is 15.9. The third kappa shape index (κ3) is 3.60. The van der Waals surface area contributed by atoms with Crippen LogP contribution in [0.15, 0.2) is 34.9 Å². The van der Waals surface area contributed by atoms with Gasteiger partial charge in [-0.25, -0.2) is 4.79 Å². The summed E-state index contributed by atoms with van der Waals surface area (Å²) in [4.78, 5) is 13.7. The number of nitrogens with zero attached hydrogens (tertiary/aromatic N) is 1. The number of halogens is 1. The summed E-state index contributed by atoms with van der Waals surface area (Å²) in [5.41, 5.74) is 1.05. The van der Waals surface area contributed by atoms with Crippen molar-refractivity contribution in [1.82, 2.24) is 10.2 Å². The second kappa shape index (κ2) is 6.59. The highest BCUT2D eigenvalue weighted by atomic mass is 79.9. The molecule has 3 nitrogen and oxygen atoms in total. The summed E-state index contributed by atoms with van der Waals surface area (Å²) in [6, 6.07) is 7.91. The van der Waals surface area contributed by atoms with Gasteiger partial charge >= 0.3 is 6.03 Å². The summed E-state index contributed by atoms with van der Waals surface area (Å²) in [5, 5.41) is 2.81. The Hall–Kier alpha value is -1.29.